The van der Waals surface area contributed by atoms with E-state index in [1.807, 2.05) is 11.7 Å². The van der Waals surface area contributed by atoms with Crippen LogP contribution in [0.25, 0.3) is 0 Å². The van der Waals surface area contributed by atoms with E-state index in [2.05, 4.69) is 32.7 Å². The van der Waals surface area contributed by atoms with Crippen molar-refractivity contribution in [3.8, 4) is 0 Å². The van der Waals surface area contributed by atoms with Gasteiger partial charge in [-0.1, -0.05) is 27.7 Å². The molecule has 0 bridgehead atoms. The Morgan fingerprint density at radius 3 is 2.60 bits per heavy atom. The van der Waals surface area contributed by atoms with Gasteiger partial charge in [0.15, 0.2) is 0 Å². The minimum absolute atomic E-state index is 0.236. The number of hydrogen-bond donors (Lipinski definition) is 1. The number of aliphatic hydroxyl groups excluding tert-OH is 1. The van der Waals surface area contributed by atoms with E-state index in [0.717, 1.165) is 12.8 Å². The molecule has 1 aromatic heterocycles. The van der Waals surface area contributed by atoms with Crippen molar-refractivity contribution in [3.63, 3.8) is 0 Å². The molecular weight excluding hydrogens is 206 g/mol. The second kappa shape index (κ2) is 5.08. The molecule has 0 aromatic carbocycles. The summed E-state index contributed by atoms with van der Waals surface area (Å²) in [5.74, 6) is 0.528. The maximum atomic E-state index is 9.93. The SMILES string of the molecule is CC(CC(O)Cc1cncs1)C(C)(C)C. The van der Waals surface area contributed by atoms with Crippen molar-refractivity contribution in [2.24, 2.45) is 11.3 Å². The van der Waals surface area contributed by atoms with Crippen LogP contribution < -0.4 is 0 Å². The van der Waals surface area contributed by atoms with Crippen molar-refractivity contribution in [3.05, 3.63) is 16.6 Å². The number of rotatable bonds is 4. The van der Waals surface area contributed by atoms with Crippen LogP contribution in [0.4, 0.5) is 0 Å². The van der Waals surface area contributed by atoms with E-state index in [1.54, 1.807) is 11.3 Å². The van der Waals surface area contributed by atoms with Gasteiger partial charge in [-0.15, -0.1) is 11.3 Å². The minimum atomic E-state index is -0.236. The van der Waals surface area contributed by atoms with Crippen LogP contribution in [0.1, 0.15) is 39.0 Å². The van der Waals surface area contributed by atoms with Crippen LogP contribution in [0, 0.1) is 11.3 Å². The van der Waals surface area contributed by atoms with Crippen molar-refractivity contribution >= 4 is 11.3 Å². The molecule has 1 N–H and O–H groups in total. The summed E-state index contributed by atoms with van der Waals surface area (Å²) >= 11 is 1.61. The van der Waals surface area contributed by atoms with Gasteiger partial charge in [0.1, 0.15) is 0 Å². The summed E-state index contributed by atoms with van der Waals surface area (Å²) < 4.78 is 0. The van der Waals surface area contributed by atoms with Crippen molar-refractivity contribution in [2.75, 3.05) is 0 Å². The highest BCUT2D eigenvalue weighted by molar-refractivity contribution is 7.09. The van der Waals surface area contributed by atoms with Crippen LogP contribution in [0.15, 0.2) is 11.7 Å². The maximum absolute atomic E-state index is 9.93. The number of aromatic nitrogens is 1. The summed E-state index contributed by atoms with van der Waals surface area (Å²) in [6.45, 7) is 8.86. The average molecular weight is 227 g/mol. The van der Waals surface area contributed by atoms with E-state index in [0.29, 0.717) is 5.92 Å². The van der Waals surface area contributed by atoms with Crippen molar-refractivity contribution < 1.29 is 5.11 Å². The summed E-state index contributed by atoms with van der Waals surface area (Å²) in [7, 11) is 0. The molecule has 0 radical (unpaired) electrons. The summed E-state index contributed by atoms with van der Waals surface area (Å²) in [6, 6.07) is 0. The van der Waals surface area contributed by atoms with Gasteiger partial charge in [-0.05, 0) is 17.8 Å². The number of nitrogens with zero attached hydrogens (tertiary/aromatic N) is 1. The molecule has 2 atom stereocenters. The third kappa shape index (κ3) is 4.31. The first-order valence-corrected chi connectivity index (χ1v) is 6.33. The van der Waals surface area contributed by atoms with Crippen LogP contribution in [-0.2, 0) is 6.42 Å². The molecule has 3 heteroatoms. The van der Waals surface area contributed by atoms with Gasteiger partial charge in [0.25, 0.3) is 0 Å². The molecule has 1 rings (SSSR count). The van der Waals surface area contributed by atoms with Crippen LogP contribution in [0.3, 0.4) is 0 Å². The van der Waals surface area contributed by atoms with Gasteiger partial charge in [0.05, 0.1) is 11.6 Å². The minimum Gasteiger partial charge on any atom is -0.393 e. The normalized spacial score (nSPS) is 16.3. The lowest BCUT2D eigenvalue weighted by Crippen LogP contribution is -2.23. The zero-order chi connectivity index (χ0) is 11.5. The van der Waals surface area contributed by atoms with E-state index < -0.39 is 0 Å². The number of thiazole rings is 1. The third-order valence-electron chi connectivity index (χ3n) is 3.02. The zero-order valence-corrected chi connectivity index (χ0v) is 10.8. The topological polar surface area (TPSA) is 33.1 Å². The standard InChI is InChI=1S/C12H21NOS/c1-9(12(2,3)4)5-10(14)6-11-7-13-8-15-11/h7-10,14H,5-6H2,1-4H3. The van der Waals surface area contributed by atoms with Gasteiger partial charge < -0.3 is 5.11 Å². The molecule has 0 amide bonds. The lowest BCUT2D eigenvalue weighted by atomic mass is 9.78. The summed E-state index contributed by atoms with van der Waals surface area (Å²) in [5, 5.41) is 9.93. The first-order valence-electron chi connectivity index (χ1n) is 5.45. The van der Waals surface area contributed by atoms with Crippen molar-refractivity contribution in [1.82, 2.24) is 4.98 Å². The Morgan fingerprint density at radius 1 is 1.47 bits per heavy atom. The lowest BCUT2D eigenvalue weighted by molar-refractivity contribution is 0.111. The Labute approximate surface area is 96.4 Å². The molecule has 0 saturated carbocycles. The monoisotopic (exact) mass is 227 g/mol. The van der Waals surface area contributed by atoms with Gasteiger partial charge in [-0.25, -0.2) is 0 Å². The summed E-state index contributed by atoms with van der Waals surface area (Å²) in [6.07, 6.45) is 3.21. The highest BCUT2D eigenvalue weighted by Crippen LogP contribution is 2.29. The quantitative estimate of drug-likeness (QED) is 0.857. The van der Waals surface area contributed by atoms with E-state index in [1.165, 1.54) is 4.88 Å². The molecular formula is C12H21NOS. The molecule has 2 nitrogen and oxygen atoms in total. The molecule has 1 heterocycles. The first kappa shape index (κ1) is 12.7. The van der Waals surface area contributed by atoms with Gasteiger partial charge in [0, 0.05) is 17.5 Å². The molecule has 0 fully saturated rings. The Balaban J connectivity index is 2.39. The lowest BCUT2D eigenvalue weighted by Gasteiger charge is -2.28. The fourth-order valence-electron chi connectivity index (χ4n) is 1.42. The van der Waals surface area contributed by atoms with Crippen molar-refractivity contribution in [2.45, 2.75) is 46.6 Å². The highest BCUT2D eigenvalue weighted by atomic mass is 32.1. The third-order valence-corrected chi connectivity index (χ3v) is 3.83. The Bertz CT molecular complexity index is 276. The molecule has 0 spiro atoms. The average Bonchev–Trinajstić information content (AvgIpc) is 2.54. The van der Waals surface area contributed by atoms with E-state index in [9.17, 15) is 5.11 Å². The second-order valence-electron chi connectivity index (χ2n) is 5.33. The maximum Gasteiger partial charge on any atom is 0.0794 e. The first-order chi connectivity index (χ1) is 6.89. The predicted molar refractivity (Wildman–Crippen MR) is 65.1 cm³/mol. The summed E-state index contributed by atoms with van der Waals surface area (Å²) in [5.41, 5.74) is 2.09. The Morgan fingerprint density at radius 2 is 2.13 bits per heavy atom. The number of hydrogen-bond acceptors (Lipinski definition) is 3. The molecule has 0 aliphatic carbocycles. The van der Waals surface area contributed by atoms with E-state index >= 15 is 0 Å². The van der Waals surface area contributed by atoms with Gasteiger partial charge in [0.2, 0.25) is 0 Å². The van der Waals surface area contributed by atoms with E-state index in [-0.39, 0.29) is 11.5 Å². The van der Waals surface area contributed by atoms with Crippen molar-refractivity contribution in [1.29, 1.82) is 0 Å². The number of aliphatic hydroxyl groups is 1. The largest absolute Gasteiger partial charge is 0.393 e. The van der Waals surface area contributed by atoms with Crippen LogP contribution in [0.2, 0.25) is 0 Å². The second-order valence-corrected chi connectivity index (χ2v) is 6.30. The molecule has 1 aromatic rings. The molecule has 86 valence electrons. The van der Waals surface area contributed by atoms with Crippen LogP contribution in [-0.4, -0.2) is 16.2 Å². The van der Waals surface area contributed by atoms with Gasteiger partial charge in [-0.2, -0.15) is 0 Å². The molecule has 0 aliphatic heterocycles. The summed E-state index contributed by atoms with van der Waals surface area (Å²) in [4.78, 5) is 5.18. The Kier molecular flexibility index (Phi) is 4.29. The van der Waals surface area contributed by atoms with Gasteiger partial charge >= 0.3 is 0 Å². The van der Waals surface area contributed by atoms with Crippen LogP contribution in [0.5, 0.6) is 0 Å². The molecule has 15 heavy (non-hydrogen) atoms. The fourth-order valence-corrected chi connectivity index (χ4v) is 2.09. The van der Waals surface area contributed by atoms with Gasteiger partial charge in [-0.3, -0.25) is 4.98 Å². The van der Waals surface area contributed by atoms with Crippen LogP contribution >= 0.6 is 11.3 Å². The molecule has 2 unspecified atom stereocenters. The van der Waals surface area contributed by atoms with E-state index in [4.69, 9.17) is 0 Å². The fraction of sp³-hybridized carbons (Fsp3) is 0.750. The highest BCUT2D eigenvalue weighted by Gasteiger charge is 2.22. The smallest absolute Gasteiger partial charge is 0.0794 e. The molecule has 0 saturated heterocycles. The Hall–Kier alpha value is -0.410. The molecule has 0 aliphatic rings. The predicted octanol–water partition coefficient (Wildman–Crippen LogP) is 3.12. The zero-order valence-electron chi connectivity index (χ0n) is 10.0.